The molecule has 8 heteroatoms. The Morgan fingerprint density at radius 1 is 1.00 bits per heavy atom. The molecule has 0 aliphatic rings. The molecular weight excluding hydrogens is 430 g/mol. The Kier molecular flexibility index (Phi) is 6.60. The van der Waals surface area contributed by atoms with Crippen LogP contribution in [0.1, 0.15) is 28.4 Å². The van der Waals surface area contributed by atoms with Gasteiger partial charge in [-0.15, -0.1) is 0 Å². The molecule has 174 valence electrons. The molecule has 8 nitrogen and oxygen atoms in total. The highest BCUT2D eigenvalue weighted by Crippen LogP contribution is 2.22. The van der Waals surface area contributed by atoms with Crippen LogP contribution in [0.25, 0.3) is 10.9 Å². The van der Waals surface area contributed by atoms with Crippen molar-refractivity contribution in [1.82, 2.24) is 14.5 Å². The summed E-state index contributed by atoms with van der Waals surface area (Å²) in [5.41, 5.74) is 7.84. The Bertz CT molecular complexity index is 1440. The quantitative estimate of drug-likeness (QED) is 0.369. The van der Waals surface area contributed by atoms with Crippen LogP contribution in [0.3, 0.4) is 0 Å². The summed E-state index contributed by atoms with van der Waals surface area (Å²) in [4.78, 5) is 43.7. The number of nitrogens with one attached hydrogen (secondary N) is 2. The van der Waals surface area contributed by atoms with Gasteiger partial charge in [0.25, 0.3) is 11.5 Å². The predicted molar refractivity (Wildman–Crippen MR) is 135 cm³/mol. The summed E-state index contributed by atoms with van der Waals surface area (Å²) >= 11 is 0. The number of carbonyl (C=O) groups is 1. The number of nitrogens with two attached hydrogens (primary N) is 1. The molecule has 0 bridgehead atoms. The molecule has 0 radical (unpaired) electrons. The number of hydrogen-bond acceptors (Lipinski definition) is 5. The summed E-state index contributed by atoms with van der Waals surface area (Å²) < 4.78 is 1.27. The van der Waals surface area contributed by atoms with Gasteiger partial charge in [0.1, 0.15) is 0 Å². The highest BCUT2D eigenvalue weighted by Gasteiger charge is 2.20. The molecule has 34 heavy (non-hydrogen) atoms. The van der Waals surface area contributed by atoms with Gasteiger partial charge >= 0.3 is 5.69 Å². The lowest BCUT2D eigenvalue weighted by Crippen LogP contribution is -2.39. The van der Waals surface area contributed by atoms with Gasteiger partial charge in [0.2, 0.25) is 0 Å². The third-order valence-electron chi connectivity index (χ3n) is 5.76. The van der Waals surface area contributed by atoms with Crippen LogP contribution >= 0.6 is 0 Å². The van der Waals surface area contributed by atoms with E-state index in [4.69, 9.17) is 5.73 Å². The first kappa shape index (κ1) is 23.0. The number of rotatable bonds is 7. The van der Waals surface area contributed by atoms with Gasteiger partial charge in [-0.25, -0.2) is 4.79 Å². The Hall–Kier alpha value is -4.17. The molecule has 4 rings (SSSR count). The second kappa shape index (κ2) is 9.76. The van der Waals surface area contributed by atoms with Gasteiger partial charge in [0.15, 0.2) is 0 Å². The minimum absolute atomic E-state index is 0.296. The highest BCUT2D eigenvalue weighted by atomic mass is 16.2. The molecule has 4 N–H and O–H groups in total. The number of amides is 1. The van der Waals surface area contributed by atoms with Crippen molar-refractivity contribution < 1.29 is 4.79 Å². The van der Waals surface area contributed by atoms with Crippen LogP contribution in [0, 0.1) is 0 Å². The number of hydrogen-bond donors (Lipinski definition) is 3. The van der Waals surface area contributed by atoms with Crippen LogP contribution in [0.2, 0.25) is 0 Å². The van der Waals surface area contributed by atoms with Crippen molar-refractivity contribution in [1.29, 1.82) is 0 Å². The lowest BCUT2D eigenvalue weighted by Gasteiger charge is -2.22. The van der Waals surface area contributed by atoms with Crippen molar-refractivity contribution in [3.63, 3.8) is 0 Å². The zero-order valence-electron chi connectivity index (χ0n) is 19.1. The minimum atomic E-state index is -0.495. The largest absolute Gasteiger partial charge is 0.397 e. The average molecular weight is 458 g/mol. The van der Waals surface area contributed by atoms with E-state index in [0.717, 1.165) is 5.56 Å². The van der Waals surface area contributed by atoms with E-state index in [9.17, 15) is 14.4 Å². The van der Waals surface area contributed by atoms with Gasteiger partial charge in [-0.1, -0.05) is 36.4 Å². The van der Waals surface area contributed by atoms with Gasteiger partial charge in [0.05, 0.1) is 28.3 Å². The number of H-pyrrole nitrogens is 1. The molecule has 1 aromatic heterocycles. The summed E-state index contributed by atoms with van der Waals surface area (Å²) in [6, 6.07) is 20.4. The van der Waals surface area contributed by atoms with E-state index in [1.807, 2.05) is 19.0 Å². The Morgan fingerprint density at radius 3 is 2.38 bits per heavy atom. The molecule has 0 saturated carbocycles. The topological polar surface area (TPSA) is 113 Å². The molecular formula is C26H27N5O3. The summed E-state index contributed by atoms with van der Waals surface area (Å²) in [6.07, 6.45) is 0.542. The molecule has 0 saturated heterocycles. The van der Waals surface area contributed by atoms with Gasteiger partial charge in [-0.3, -0.25) is 14.2 Å². The lowest BCUT2D eigenvalue weighted by atomic mass is 10.0. The number of aromatic nitrogens is 2. The second-order valence-electron chi connectivity index (χ2n) is 8.42. The molecule has 3 aromatic carbocycles. The SMILES string of the molecule is CN(C)CCC(c1ccc(C(=O)Nc2ccccc2N)cc1)n1c(=O)[nH]c2ccccc2c1=O. The van der Waals surface area contributed by atoms with Crippen LogP contribution in [-0.2, 0) is 0 Å². The van der Waals surface area contributed by atoms with Gasteiger partial charge in [0, 0.05) is 5.56 Å². The average Bonchev–Trinajstić information content (AvgIpc) is 2.82. The number of nitrogens with zero attached hydrogens (tertiary/aromatic N) is 2. The summed E-state index contributed by atoms with van der Waals surface area (Å²) in [5, 5.41) is 3.26. The maximum absolute atomic E-state index is 13.3. The van der Waals surface area contributed by atoms with Gasteiger partial charge in [-0.2, -0.15) is 0 Å². The van der Waals surface area contributed by atoms with Crippen LogP contribution in [0.15, 0.2) is 82.4 Å². The monoisotopic (exact) mass is 457 g/mol. The fourth-order valence-electron chi connectivity index (χ4n) is 3.95. The van der Waals surface area contributed by atoms with E-state index >= 15 is 0 Å². The van der Waals surface area contributed by atoms with Gasteiger partial charge < -0.3 is 20.9 Å². The first-order chi connectivity index (χ1) is 16.3. The van der Waals surface area contributed by atoms with Crippen LogP contribution in [0.5, 0.6) is 0 Å². The maximum Gasteiger partial charge on any atom is 0.329 e. The molecule has 0 aliphatic heterocycles. The van der Waals surface area contributed by atoms with E-state index in [2.05, 4.69) is 10.3 Å². The smallest absolute Gasteiger partial charge is 0.329 e. The number of carbonyl (C=O) groups excluding carboxylic acids is 1. The van der Waals surface area contributed by atoms with Crippen LogP contribution in [-0.4, -0.2) is 41.0 Å². The Labute approximate surface area is 196 Å². The van der Waals surface area contributed by atoms with E-state index in [1.54, 1.807) is 72.8 Å². The molecule has 4 aromatic rings. The van der Waals surface area contributed by atoms with Crippen molar-refractivity contribution in [2.45, 2.75) is 12.5 Å². The first-order valence-corrected chi connectivity index (χ1v) is 11.0. The summed E-state index contributed by atoms with van der Waals surface area (Å²) in [7, 11) is 3.88. The van der Waals surface area contributed by atoms with E-state index in [-0.39, 0.29) is 11.5 Å². The molecule has 1 amide bonds. The fourth-order valence-corrected chi connectivity index (χ4v) is 3.95. The number of nitrogen functional groups attached to an aromatic ring is 1. The zero-order chi connectivity index (χ0) is 24.2. The molecule has 1 heterocycles. The number of anilines is 2. The molecule has 0 fully saturated rings. The number of para-hydroxylation sites is 3. The second-order valence-corrected chi connectivity index (χ2v) is 8.42. The number of benzene rings is 3. The number of fused-ring (bicyclic) bond motifs is 1. The van der Waals surface area contributed by atoms with Crippen molar-refractivity contribution in [2.75, 3.05) is 31.7 Å². The van der Waals surface area contributed by atoms with Crippen LogP contribution in [0.4, 0.5) is 11.4 Å². The third-order valence-corrected chi connectivity index (χ3v) is 5.76. The van der Waals surface area contributed by atoms with Crippen molar-refractivity contribution >= 4 is 28.2 Å². The molecule has 1 atom stereocenters. The van der Waals surface area contributed by atoms with Crippen molar-refractivity contribution in [2.24, 2.45) is 0 Å². The minimum Gasteiger partial charge on any atom is -0.397 e. The van der Waals surface area contributed by atoms with Gasteiger partial charge in [-0.05, 0) is 69.0 Å². The number of aromatic amines is 1. The summed E-state index contributed by atoms with van der Waals surface area (Å²) in [5.74, 6) is -0.296. The normalized spacial score (nSPS) is 12.1. The molecule has 0 aliphatic carbocycles. The molecule has 1 unspecified atom stereocenters. The summed E-state index contributed by atoms with van der Waals surface area (Å²) in [6.45, 7) is 0.666. The Morgan fingerprint density at radius 2 is 1.68 bits per heavy atom. The first-order valence-electron chi connectivity index (χ1n) is 11.0. The Balaban J connectivity index is 1.69. The molecule has 0 spiro atoms. The predicted octanol–water partition coefficient (Wildman–Crippen LogP) is 3.07. The lowest BCUT2D eigenvalue weighted by molar-refractivity contribution is 0.102. The van der Waals surface area contributed by atoms with E-state index in [1.165, 1.54) is 4.57 Å². The van der Waals surface area contributed by atoms with Crippen LogP contribution < -0.4 is 22.3 Å². The zero-order valence-corrected chi connectivity index (χ0v) is 19.1. The standard InChI is InChI=1S/C26H27N5O3/c1-30(2)16-15-23(31-25(33)19-7-3-5-9-21(19)29-26(31)34)17-11-13-18(14-12-17)24(32)28-22-10-6-4-8-20(22)27/h3-14,23H,15-16,27H2,1-2H3,(H,28,32)(H,29,34). The van der Waals surface area contributed by atoms with Crippen molar-refractivity contribution in [3.05, 3.63) is 105 Å². The van der Waals surface area contributed by atoms with Crippen molar-refractivity contribution in [3.8, 4) is 0 Å². The van der Waals surface area contributed by atoms with E-state index in [0.29, 0.717) is 40.8 Å². The highest BCUT2D eigenvalue weighted by molar-refractivity contribution is 6.05. The maximum atomic E-state index is 13.3. The third kappa shape index (κ3) is 4.77. The fraction of sp³-hybridized carbons (Fsp3) is 0.192. The van der Waals surface area contributed by atoms with E-state index < -0.39 is 11.7 Å².